The van der Waals surface area contributed by atoms with Crippen LogP contribution in [0.1, 0.15) is 24.8 Å². The van der Waals surface area contributed by atoms with Crippen molar-refractivity contribution in [3.63, 3.8) is 0 Å². The largest absolute Gasteiger partial charge is 0.469 e. The number of thiophene rings is 1. The number of methoxy groups -OCH3 is 1. The Balaban J connectivity index is 3.02. The number of carbonyl (C=O) groups is 1. The molecule has 0 saturated heterocycles. The molecule has 1 atom stereocenters. The zero-order valence-electron chi connectivity index (χ0n) is 9.83. The summed E-state index contributed by atoms with van der Waals surface area (Å²) in [5.41, 5.74) is -0.589. The number of hydrogen-bond acceptors (Lipinski definition) is 4. The predicted molar refractivity (Wildman–Crippen MR) is 69.6 cm³/mol. The molecule has 0 saturated carbocycles. The number of hydrogen-bond donors (Lipinski definition) is 1. The second kappa shape index (κ2) is 5.29. The molecule has 0 aliphatic rings. The maximum Gasteiger partial charge on any atom is 0.313 e. The van der Waals surface area contributed by atoms with Crippen molar-refractivity contribution in [3.8, 4) is 0 Å². The molecule has 1 rings (SSSR count). The fraction of sp³-hybridized carbons (Fsp3) is 0.545. The van der Waals surface area contributed by atoms with E-state index in [2.05, 4.69) is 21.2 Å². The lowest BCUT2D eigenvalue weighted by molar-refractivity contribution is -0.152. The van der Waals surface area contributed by atoms with Crippen LogP contribution in [0.25, 0.3) is 0 Å². The molecule has 3 nitrogen and oxygen atoms in total. The minimum Gasteiger partial charge on any atom is -0.469 e. The van der Waals surface area contributed by atoms with E-state index in [0.29, 0.717) is 0 Å². The third-order valence-corrected chi connectivity index (χ3v) is 4.35. The Morgan fingerprint density at radius 3 is 2.62 bits per heavy atom. The maximum absolute atomic E-state index is 11.7. The number of nitrogens with one attached hydrogen (secondary N) is 1. The van der Waals surface area contributed by atoms with Crippen LogP contribution in [0.3, 0.4) is 0 Å². The van der Waals surface area contributed by atoms with E-state index in [9.17, 15) is 4.79 Å². The van der Waals surface area contributed by atoms with E-state index < -0.39 is 5.41 Å². The minimum absolute atomic E-state index is 0.0451. The maximum atomic E-state index is 11.7. The Labute approximate surface area is 108 Å². The van der Waals surface area contributed by atoms with E-state index in [1.54, 1.807) is 11.3 Å². The van der Waals surface area contributed by atoms with Gasteiger partial charge in [0.05, 0.1) is 18.6 Å². The van der Waals surface area contributed by atoms with Gasteiger partial charge in [-0.3, -0.25) is 4.79 Å². The lowest BCUT2D eigenvalue weighted by atomic mass is 9.83. The molecular formula is C11H16BrNO2S. The zero-order valence-corrected chi connectivity index (χ0v) is 12.2. The molecule has 16 heavy (non-hydrogen) atoms. The highest BCUT2D eigenvalue weighted by Crippen LogP contribution is 2.38. The van der Waals surface area contributed by atoms with Gasteiger partial charge in [0.25, 0.3) is 0 Å². The van der Waals surface area contributed by atoms with E-state index in [0.717, 1.165) is 9.35 Å². The first-order chi connectivity index (χ1) is 7.43. The van der Waals surface area contributed by atoms with Crippen molar-refractivity contribution >= 4 is 33.2 Å². The van der Waals surface area contributed by atoms with Crippen LogP contribution in [0.4, 0.5) is 0 Å². The Hall–Kier alpha value is -0.390. The van der Waals surface area contributed by atoms with Gasteiger partial charge in [-0.25, -0.2) is 0 Å². The topological polar surface area (TPSA) is 38.3 Å². The smallest absolute Gasteiger partial charge is 0.313 e. The molecule has 1 unspecified atom stereocenters. The number of ether oxygens (including phenoxy) is 1. The summed E-state index contributed by atoms with van der Waals surface area (Å²) in [6, 6.07) is 1.98. The average Bonchev–Trinajstić information content (AvgIpc) is 2.64. The summed E-state index contributed by atoms with van der Waals surface area (Å²) in [7, 11) is 3.27. The molecule has 0 aliphatic heterocycles. The first kappa shape index (κ1) is 13.7. The lowest BCUT2D eigenvalue weighted by Gasteiger charge is -2.30. The van der Waals surface area contributed by atoms with Crippen LogP contribution in [0, 0.1) is 5.41 Å². The number of halogens is 1. The van der Waals surface area contributed by atoms with Gasteiger partial charge in [-0.1, -0.05) is 0 Å². The molecule has 0 amide bonds. The van der Waals surface area contributed by atoms with Crippen LogP contribution >= 0.6 is 27.3 Å². The van der Waals surface area contributed by atoms with Gasteiger partial charge < -0.3 is 10.1 Å². The predicted octanol–water partition coefficient (Wildman–Crippen LogP) is 2.97. The molecule has 0 bridgehead atoms. The third kappa shape index (κ3) is 2.64. The molecular weight excluding hydrogens is 290 g/mol. The molecule has 1 N–H and O–H groups in total. The standard InChI is InChI=1S/C11H16BrNO2S/c1-11(2,10(14)15-4)9(13-3)8-5-7(12)6-16-8/h5-6,9,13H,1-4H3. The molecule has 0 aromatic carbocycles. The molecule has 0 aliphatic carbocycles. The molecule has 1 aromatic heterocycles. The van der Waals surface area contributed by atoms with Crippen molar-refractivity contribution in [3.05, 3.63) is 20.8 Å². The zero-order chi connectivity index (χ0) is 12.3. The van der Waals surface area contributed by atoms with Gasteiger partial charge in [-0.2, -0.15) is 0 Å². The quantitative estimate of drug-likeness (QED) is 0.869. The summed E-state index contributed by atoms with van der Waals surface area (Å²) in [6.07, 6.45) is 0. The number of esters is 1. The first-order valence-corrected chi connectivity index (χ1v) is 6.60. The van der Waals surface area contributed by atoms with E-state index in [1.165, 1.54) is 7.11 Å². The van der Waals surface area contributed by atoms with Gasteiger partial charge in [0.1, 0.15) is 0 Å². The van der Waals surface area contributed by atoms with E-state index >= 15 is 0 Å². The Kier molecular flexibility index (Phi) is 4.52. The lowest BCUT2D eigenvalue weighted by Crippen LogP contribution is -2.38. The fourth-order valence-corrected chi connectivity index (χ4v) is 3.46. The molecule has 0 radical (unpaired) electrons. The molecule has 90 valence electrons. The van der Waals surface area contributed by atoms with Crippen LogP contribution < -0.4 is 5.32 Å². The number of carbonyl (C=O) groups excluding carboxylic acids is 1. The first-order valence-electron chi connectivity index (χ1n) is 4.93. The van der Waals surface area contributed by atoms with Gasteiger partial charge in [0.2, 0.25) is 0 Å². The highest BCUT2D eigenvalue weighted by molar-refractivity contribution is 9.10. The van der Waals surface area contributed by atoms with Gasteiger partial charge in [-0.15, -0.1) is 11.3 Å². The Morgan fingerprint density at radius 1 is 1.62 bits per heavy atom. The van der Waals surface area contributed by atoms with E-state index in [-0.39, 0.29) is 12.0 Å². The summed E-state index contributed by atoms with van der Waals surface area (Å²) < 4.78 is 5.88. The molecule has 1 heterocycles. The molecule has 0 spiro atoms. The minimum atomic E-state index is -0.589. The van der Waals surface area contributed by atoms with Crippen molar-refractivity contribution in [2.24, 2.45) is 5.41 Å². The molecule has 5 heteroatoms. The van der Waals surface area contributed by atoms with Crippen LogP contribution in [-0.4, -0.2) is 20.1 Å². The van der Waals surface area contributed by atoms with Crippen LogP contribution in [0.15, 0.2) is 15.9 Å². The monoisotopic (exact) mass is 305 g/mol. The molecule has 0 fully saturated rings. The Bertz CT molecular complexity index is 376. The highest BCUT2D eigenvalue weighted by Gasteiger charge is 2.38. The van der Waals surface area contributed by atoms with Gasteiger partial charge >= 0.3 is 5.97 Å². The van der Waals surface area contributed by atoms with Crippen LogP contribution in [0.2, 0.25) is 0 Å². The summed E-state index contributed by atoms with van der Waals surface area (Å²) in [6.45, 7) is 3.77. The van der Waals surface area contributed by atoms with Gasteiger partial charge in [0.15, 0.2) is 0 Å². The Morgan fingerprint density at radius 2 is 2.25 bits per heavy atom. The van der Waals surface area contributed by atoms with Crippen molar-refractivity contribution < 1.29 is 9.53 Å². The van der Waals surface area contributed by atoms with Crippen molar-refractivity contribution in [1.82, 2.24) is 5.32 Å². The van der Waals surface area contributed by atoms with Gasteiger partial charge in [-0.05, 0) is 42.9 Å². The van der Waals surface area contributed by atoms with E-state index in [1.807, 2.05) is 32.3 Å². The van der Waals surface area contributed by atoms with Gasteiger partial charge in [0, 0.05) is 14.7 Å². The highest BCUT2D eigenvalue weighted by atomic mass is 79.9. The summed E-state index contributed by atoms with van der Waals surface area (Å²) in [4.78, 5) is 12.9. The number of rotatable bonds is 4. The second-order valence-corrected chi connectivity index (χ2v) is 5.96. The summed E-state index contributed by atoms with van der Waals surface area (Å²) in [5.74, 6) is -0.212. The summed E-state index contributed by atoms with van der Waals surface area (Å²) in [5, 5.41) is 5.18. The fourth-order valence-electron chi connectivity index (χ4n) is 1.72. The molecule has 1 aromatic rings. The van der Waals surface area contributed by atoms with Crippen LogP contribution in [-0.2, 0) is 9.53 Å². The van der Waals surface area contributed by atoms with E-state index in [4.69, 9.17) is 4.74 Å². The van der Waals surface area contributed by atoms with Crippen molar-refractivity contribution in [2.75, 3.05) is 14.2 Å². The SMILES string of the molecule is CNC(c1cc(Br)cs1)C(C)(C)C(=O)OC. The van der Waals surface area contributed by atoms with Crippen molar-refractivity contribution in [2.45, 2.75) is 19.9 Å². The third-order valence-electron chi connectivity index (χ3n) is 2.59. The normalized spacial score (nSPS) is 13.6. The second-order valence-electron chi connectivity index (χ2n) is 4.10. The van der Waals surface area contributed by atoms with Crippen LogP contribution in [0.5, 0.6) is 0 Å². The van der Waals surface area contributed by atoms with Crippen molar-refractivity contribution in [1.29, 1.82) is 0 Å². The summed E-state index contributed by atoms with van der Waals surface area (Å²) >= 11 is 5.04. The average molecular weight is 306 g/mol.